The van der Waals surface area contributed by atoms with Crippen molar-refractivity contribution >= 4 is 17.6 Å². The van der Waals surface area contributed by atoms with Crippen LogP contribution in [0.4, 0.5) is 14.5 Å². The molecule has 0 spiro atoms. The number of amides is 1. The summed E-state index contributed by atoms with van der Waals surface area (Å²) in [4.78, 5) is 25.6. The Morgan fingerprint density at radius 3 is 2.66 bits per heavy atom. The highest BCUT2D eigenvalue weighted by Gasteiger charge is 2.43. The summed E-state index contributed by atoms with van der Waals surface area (Å²) in [5, 5.41) is 2.66. The summed E-state index contributed by atoms with van der Waals surface area (Å²) >= 11 is 0. The predicted octanol–water partition coefficient (Wildman–Crippen LogP) is 1.13. The number of rotatable bonds is 4. The molecule has 0 bridgehead atoms. The van der Waals surface area contributed by atoms with Gasteiger partial charge in [-0.2, -0.15) is 0 Å². The van der Waals surface area contributed by atoms with E-state index in [0.29, 0.717) is 18.7 Å². The molecule has 4 rings (SSSR count). The van der Waals surface area contributed by atoms with Gasteiger partial charge in [-0.25, -0.2) is 4.79 Å². The van der Waals surface area contributed by atoms with Gasteiger partial charge >= 0.3 is 12.3 Å². The van der Waals surface area contributed by atoms with Gasteiger partial charge in [-0.3, -0.25) is 4.79 Å². The highest BCUT2D eigenvalue weighted by molar-refractivity contribution is 5.92. The van der Waals surface area contributed by atoms with Crippen LogP contribution in [-0.4, -0.2) is 37.9 Å². The zero-order valence-electron chi connectivity index (χ0n) is 15.5. The summed E-state index contributed by atoms with van der Waals surface area (Å²) in [6.45, 7) is 0.509. The molecule has 2 aliphatic rings. The van der Waals surface area contributed by atoms with Crippen molar-refractivity contribution in [3.05, 3.63) is 53.6 Å². The fraction of sp³-hybridized carbons (Fsp3) is 0.300. The van der Waals surface area contributed by atoms with Crippen molar-refractivity contribution in [2.24, 2.45) is 0 Å². The molecule has 7 nitrogen and oxygen atoms in total. The molecule has 9 heteroatoms. The summed E-state index contributed by atoms with van der Waals surface area (Å²) in [6, 6.07) is 11.3. The number of quaternary nitrogens is 1. The topological polar surface area (TPSA) is 78.3 Å². The van der Waals surface area contributed by atoms with Crippen molar-refractivity contribution in [1.29, 1.82) is 0 Å². The number of esters is 1. The van der Waals surface area contributed by atoms with Gasteiger partial charge in [0.05, 0.1) is 7.11 Å². The Labute approximate surface area is 165 Å². The van der Waals surface area contributed by atoms with Gasteiger partial charge in [-0.1, -0.05) is 24.3 Å². The minimum Gasteiger partial charge on any atom is -0.465 e. The van der Waals surface area contributed by atoms with Crippen LogP contribution in [0.3, 0.4) is 0 Å². The number of fused-ring (bicyclic) bond motifs is 2. The van der Waals surface area contributed by atoms with Gasteiger partial charge in [0.25, 0.3) is 5.91 Å². The molecule has 2 aromatic carbocycles. The minimum absolute atomic E-state index is 0.0126. The summed E-state index contributed by atoms with van der Waals surface area (Å²) in [7, 11) is 1.32. The quantitative estimate of drug-likeness (QED) is 0.746. The second-order valence-electron chi connectivity index (χ2n) is 6.94. The number of carbonyl (C=O) groups is 2. The first-order valence-electron chi connectivity index (χ1n) is 9.03. The lowest BCUT2D eigenvalue weighted by Gasteiger charge is -2.31. The highest BCUT2D eigenvalue weighted by Crippen LogP contribution is 2.42. The number of hydrogen-bond acceptors (Lipinski definition) is 5. The van der Waals surface area contributed by atoms with Crippen LogP contribution in [0.2, 0.25) is 0 Å². The molecule has 2 heterocycles. The smallest absolute Gasteiger partial charge is 0.465 e. The zero-order valence-corrected chi connectivity index (χ0v) is 15.5. The molecule has 152 valence electrons. The molecule has 29 heavy (non-hydrogen) atoms. The molecule has 0 fully saturated rings. The average Bonchev–Trinajstić information content (AvgIpc) is 2.99. The maximum Gasteiger partial charge on any atom is 0.586 e. The second kappa shape index (κ2) is 7.32. The molecule has 2 N–H and O–H groups in total. The van der Waals surface area contributed by atoms with E-state index in [1.165, 1.54) is 25.3 Å². The normalized spacial score (nSPS) is 21.2. The Kier molecular flexibility index (Phi) is 4.83. The summed E-state index contributed by atoms with van der Waals surface area (Å²) in [5.74, 6) is -0.997. The van der Waals surface area contributed by atoms with Gasteiger partial charge in [0.15, 0.2) is 24.1 Å². The Bertz CT molecular complexity index is 966. The largest absolute Gasteiger partial charge is 0.586 e. The predicted molar refractivity (Wildman–Crippen MR) is 96.8 cm³/mol. The van der Waals surface area contributed by atoms with Crippen molar-refractivity contribution in [3.63, 3.8) is 0 Å². The van der Waals surface area contributed by atoms with E-state index in [4.69, 9.17) is 4.74 Å². The van der Waals surface area contributed by atoms with E-state index >= 15 is 0 Å². The van der Waals surface area contributed by atoms with Crippen LogP contribution >= 0.6 is 0 Å². The van der Waals surface area contributed by atoms with E-state index in [1.54, 1.807) is 0 Å². The molecule has 0 aliphatic carbocycles. The molecule has 0 saturated heterocycles. The number of benzene rings is 2. The fourth-order valence-electron chi connectivity index (χ4n) is 3.68. The third-order valence-corrected chi connectivity index (χ3v) is 5.01. The molecule has 0 radical (unpaired) electrons. The van der Waals surface area contributed by atoms with E-state index < -0.39 is 12.3 Å². The van der Waals surface area contributed by atoms with Gasteiger partial charge < -0.3 is 24.4 Å². The van der Waals surface area contributed by atoms with Crippen LogP contribution in [-0.2, 0) is 27.3 Å². The second-order valence-corrected chi connectivity index (χ2v) is 6.94. The standard InChI is InChI=1S/C20H18F2N2O5/c1-27-19(26)15-8-12-4-2-3-5-13(12)10-24(15)11-18(25)23-14-6-7-16-17(9-14)29-20(21,22)28-16/h2-7,9,15H,8,10-11H2,1H3,(H,23,25)/p+1/t15-/m1/s1. The van der Waals surface area contributed by atoms with E-state index in [-0.39, 0.29) is 29.9 Å². The number of ether oxygens (including phenoxy) is 3. The number of alkyl halides is 2. The van der Waals surface area contributed by atoms with E-state index in [9.17, 15) is 18.4 Å². The molecular weight excluding hydrogens is 386 g/mol. The van der Waals surface area contributed by atoms with Crippen molar-refractivity contribution in [1.82, 2.24) is 0 Å². The molecule has 2 aliphatic heterocycles. The molecule has 2 atom stereocenters. The van der Waals surface area contributed by atoms with Crippen LogP contribution in [0.5, 0.6) is 11.5 Å². The fourth-order valence-corrected chi connectivity index (χ4v) is 3.68. The lowest BCUT2D eigenvalue weighted by atomic mass is 9.94. The van der Waals surface area contributed by atoms with Crippen LogP contribution < -0.4 is 19.7 Å². The number of hydrogen-bond donors (Lipinski definition) is 2. The average molecular weight is 405 g/mol. The SMILES string of the molecule is COC(=O)[C@H]1Cc2ccccc2C[NH+]1CC(=O)Nc1ccc2c(c1)OC(F)(F)O2. The third kappa shape index (κ3) is 4.00. The number of halogens is 2. The van der Waals surface area contributed by atoms with Crippen LogP contribution in [0.25, 0.3) is 0 Å². The Hall–Kier alpha value is -3.20. The van der Waals surface area contributed by atoms with Crippen molar-refractivity contribution in [2.75, 3.05) is 19.0 Å². The molecule has 1 unspecified atom stereocenters. The number of carbonyl (C=O) groups excluding carboxylic acids is 2. The lowest BCUT2D eigenvalue weighted by Crippen LogP contribution is -3.17. The van der Waals surface area contributed by atoms with Gasteiger partial charge in [-0.15, -0.1) is 8.78 Å². The molecule has 1 amide bonds. The van der Waals surface area contributed by atoms with Gasteiger partial charge in [0.1, 0.15) is 6.54 Å². The van der Waals surface area contributed by atoms with Crippen LogP contribution in [0, 0.1) is 0 Å². The molecule has 0 aromatic heterocycles. The zero-order chi connectivity index (χ0) is 20.6. The molecule has 0 saturated carbocycles. The van der Waals surface area contributed by atoms with Gasteiger partial charge in [0, 0.05) is 23.7 Å². The highest BCUT2D eigenvalue weighted by atomic mass is 19.3. The Morgan fingerprint density at radius 1 is 1.17 bits per heavy atom. The van der Waals surface area contributed by atoms with Gasteiger partial charge in [-0.05, 0) is 17.7 Å². The number of nitrogens with one attached hydrogen (secondary N) is 2. The van der Waals surface area contributed by atoms with E-state index in [2.05, 4.69) is 14.8 Å². The maximum absolute atomic E-state index is 13.1. The van der Waals surface area contributed by atoms with Crippen LogP contribution in [0.15, 0.2) is 42.5 Å². The lowest BCUT2D eigenvalue weighted by molar-refractivity contribution is -0.924. The number of anilines is 1. The first-order valence-corrected chi connectivity index (χ1v) is 9.03. The Balaban J connectivity index is 1.47. The van der Waals surface area contributed by atoms with E-state index in [0.717, 1.165) is 16.0 Å². The van der Waals surface area contributed by atoms with Crippen molar-refractivity contribution < 1.29 is 37.5 Å². The third-order valence-electron chi connectivity index (χ3n) is 5.01. The maximum atomic E-state index is 13.1. The monoisotopic (exact) mass is 405 g/mol. The van der Waals surface area contributed by atoms with Crippen LogP contribution in [0.1, 0.15) is 11.1 Å². The van der Waals surface area contributed by atoms with Crippen molar-refractivity contribution in [3.8, 4) is 11.5 Å². The van der Waals surface area contributed by atoms with Crippen molar-refractivity contribution in [2.45, 2.75) is 25.3 Å². The first kappa shape index (κ1) is 19.1. The molecule has 2 aromatic rings. The summed E-state index contributed by atoms with van der Waals surface area (Å²) in [6.07, 6.45) is -3.24. The minimum atomic E-state index is -3.72. The number of methoxy groups -OCH3 is 1. The van der Waals surface area contributed by atoms with E-state index in [1.807, 2.05) is 24.3 Å². The molecular formula is C20H19F2N2O5+. The Morgan fingerprint density at radius 2 is 1.90 bits per heavy atom. The first-order chi connectivity index (χ1) is 13.8. The van der Waals surface area contributed by atoms with Gasteiger partial charge in [0.2, 0.25) is 0 Å². The summed E-state index contributed by atoms with van der Waals surface area (Å²) in [5.41, 5.74) is 2.42. The summed E-state index contributed by atoms with van der Waals surface area (Å²) < 4.78 is 39.9.